The summed E-state index contributed by atoms with van der Waals surface area (Å²) in [6, 6.07) is 2.14. The van der Waals surface area contributed by atoms with E-state index in [-0.39, 0.29) is 23.7 Å². The van der Waals surface area contributed by atoms with Crippen molar-refractivity contribution in [3.63, 3.8) is 0 Å². The van der Waals surface area contributed by atoms with Crippen LogP contribution in [0.2, 0.25) is 0 Å². The number of carbonyl (C=O) groups excluding carboxylic acids is 2. The number of ether oxygens (including phenoxy) is 1. The van der Waals surface area contributed by atoms with Crippen LogP contribution >= 0.6 is 0 Å². The van der Waals surface area contributed by atoms with E-state index in [0.29, 0.717) is 36.8 Å². The third-order valence-corrected chi connectivity index (χ3v) is 8.87. The predicted molar refractivity (Wildman–Crippen MR) is 140 cm³/mol. The Bertz CT molecular complexity index is 1200. The summed E-state index contributed by atoms with van der Waals surface area (Å²) in [5.41, 5.74) is 1.34. The maximum Gasteiger partial charge on any atom is 0.321 e. The number of rotatable bonds is 5. The number of fused-ring (bicyclic) bond motifs is 1. The molecule has 1 aliphatic carbocycles. The van der Waals surface area contributed by atoms with Gasteiger partial charge < -0.3 is 24.4 Å². The van der Waals surface area contributed by atoms with Crippen LogP contribution < -0.4 is 5.32 Å². The molecule has 3 amide bonds. The monoisotopic (exact) mass is 525 g/mol. The van der Waals surface area contributed by atoms with Crippen LogP contribution in [0.1, 0.15) is 86.8 Å². The van der Waals surface area contributed by atoms with Gasteiger partial charge in [0.25, 0.3) is 5.91 Å². The molecule has 2 aromatic rings. The number of nitrogens with zero attached hydrogens (tertiary/aromatic N) is 5. The van der Waals surface area contributed by atoms with Crippen molar-refractivity contribution in [1.29, 1.82) is 0 Å². The zero-order valence-corrected chi connectivity index (χ0v) is 22.8. The Morgan fingerprint density at radius 3 is 2.63 bits per heavy atom. The molecule has 38 heavy (non-hydrogen) atoms. The number of amides is 3. The van der Waals surface area contributed by atoms with E-state index in [4.69, 9.17) is 9.26 Å². The smallest absolute Gasteiger partial charge is 0.321 e. The van der Waals surface area contributed by atoms with Gasteiger partial charge in [-0.15, -0.1) is 0 Å². The number of aromatic nitrogens is 3. The van der Waals surface area contributed by atoms with Crippen molar-refractivity contribution >= 4 is 17.8 Å². The molecule has 2 atom stereocenters. The third-order valence-electron chi connectivity index (χ3n) is 8.87. The van der Waals surface area contributed by atoms with Crippen LogP contribution in [-0.4, -0.2) is 86.9 Å². The molecular formula is C27H39N7O4. The van der Waals surface area contributed by atoms with Crippen LogP contribution in [0.3, 0.4) is 0 Å². The number of piperazine rings is 1. The molecule has 3 fully saturated rings. The summed E-state index contributed by atoms with van der Waals surface area (Å²) in [5, 5.41) is 14.3. The van der Waals surface area contributed by atoms with E-state index in [1.165, 1.54) is 0 Å². The fraction of sp³-hybridized carbons (Fsp3) is 0.704. The highest BCUT2D eigenvalue weighted by molar-refractivity contribution is 6.02. The number of carbonyl (C=O) groups is 2. The maximum atomic E-state index is 13.9. The highest BCUT2D eigenvalue weighted by Crippen LogP contribution is 2.42. The lowest BCUT2D eigenvalue weighted by atomic mass is 9.97. The van der Waals surface area contributed by atoms with Gasteiger partial charge in [0, 0.05) is 62.5 Å². The largest absolute Gasteiger partial charge is 0.381 e. The van der Waals surface area contributed by atoms with Crippen molar-refractivity contribution in [2.75, 3.05) is 38.2 Å². The van der Waals surface area contributed by atoms with Crippen LogP contribution in [0.25, 0.3) is 0 Å². The SMILES string of the molecule is C[C@@H]1CN(C(=O)N2Cc3c(NC(=O)c4cc(C5CC5)on4)n[nH]c3C2(C)C)[C@@H](C)CN1CC1CCOCC1. The second kappa shape index (κ2) is 9.68. The summed E-state index contributed by atoms with van der Waals surface area (Å²) in [7, 11) is 0. The number of hydrogen-bond donors (Lipinski definition) is 2. The van der Waals surface area contributed by atoms with Crippen molar-refractivity contribution in [3.05, 3.63) is 28.8 Å². The van der Waals surface area contributed by atoms with Gasteiger partial charge in [0.2, 0.25) is 0 Å². The first kappa shape index (κ1) is 25.4. The molecule has 0 aromatic carbocycles. The summed E-state index contributed by atoms with van der Waals surface area (Å²) in [5.74, 6) is 1.89. The molecule has 3 aliphatic heterocycles. The third kappa shape index (κ3) is 4.59. The van der Waals surface area contributed by atoms with E-state index < -0.39 is 5.54 Å². The van der Waals surface area contributed by atoms with Crippen molar-refractivity contribution in [3.8, 4) is 0 Å². The zero-order valence-electron chi connectivity index (χ0n) is 22.8. The van der Waals surface area contributed by atoms with Crippen LogP contribution in [0.4, 0.5) is 10.6 Å². The van der Waals surface area contributed by atoms with Gasteiger partial charge in [0.15, 0.2) is 11.5 Å². The quantitative estimate of drug-likeness (QED) is 0.613. The zero-order chi connectivity index (χ0) is 26.6. The Morgan fingerprint density at radius 1 is 1.13 bits per heavy atom. The fourth-order valence-electron chi connectivity index (χ4n) is 6.19. The first-order valence-electron chi connectivity index (χ1n) is 14.0. The van der Waals surface area contributed by atoms with Gasteiger partial charge in [-0.1, -0.05) is 5.16 Å². The van der Waals surface area contributed by atoms with Crippen molar-refractivity contribution in [2.45, 2.75) is 83.5 Å². The molecular weight excluding hydrogens is 486 g/mol. The highest BCUT2D eigenvalue weighted by Gasteiger charge is 2.47. The van der Waals surface area contributed by atoms with E-state index in [0.717, 1.165) is 69.0 Å². The minimum atomic E-state index is -0.586. The number of anilines is 1. The van der Waals surface area contributed by atoms with Gasteiger partial charge in [-0.05, 0) is 59.3 Å². The minimum absolute atomic E-state index is 0.0209. The standard InChI is InChI=1S/C27H39N7O4/c1-16-13-33(17(2)12-32(16)14-18-7-9-37-10-8-18)26(36)34-15-20-23(27(34,3)4)29-30-24(20)28-25(35)21-11-22(38-31-21)19-5-6-19/h11,16-19H,5-10,12-15H2,1-4H3,(H2,28,29,30,35)/t16-,17+/m1/s1. The topological polar surface area (TPSA) is 120 Å². The molecule has 206 valence electrons. The van der Waals surface area contributed by atoms with E-state index in [1.54, 1.807) is 6.07 Å². The first-order chi connectivity index (χ1) is 18.2. The Morgan fingerprint density at radius 2 is 1.89 bits per heavy atom. The molecule has 0 unspecified atom stereocenters. The molecule has 5 heterocycles. The molecule has 2 aromatic heterocycles. The number of aromatic amines is 1. The van der Waals surface area contributed by atoms with Crippen molar-refractivity contribution in [1.82, 2.24) is 30.1 Å². The number of nitrogens with one attached hydrogen (secondary N) is 2. The first-order valence-corrected chi connectivity index (χ1v) is 14.0. The Kier molecular flexibility index (Phi) is 6.46. The average molecular weight is 526 g/mol. The number of urea groups is 1. The molecule has 11 heteroatoms. The molecule has 1 saturated carbocycles. The number of hydrogen-bond acceptors (Lipinski definition) is 7. The van der Waals surface area contributed by atoms with Crippen molar-refractivity contribution in [2.24, 2.45) is 5.92 Å². The van der Waals surface area contributed by atoms with Gasteiger partial charge in [-0.25, -0.2) is 4.79 Å². The fourth-order valence-corrected chi connectivity index (χ4v) is 6.19. The molecule has 0 bridgehead atoms. The van der Waals surface area contributed by atoms with Gasteiger partial charge >= 0.3 is 6.03 Å². The average Bonchev–Trinajstić information content (AvgIpc) is 3.37. The van der Waals surface area contributed by atoms with Crippen LogP contribution in [0.15, 0.2) is 10.6 Å². The molecule has 6 rings (SSSR count). The maximum absolute atomic E-state index is 13.9. The van der Waals surface area contributed by atoms with Gasteiger partial charge in [-0.3, -0.25) is 14.8 Å². The van der Waals surface area contributed by atoms with E-state index >= 15 is 0 Å². The molecule has 0 radical (unpaired) electrons. The summed E-state index contributed by atoms with van der Waals surface area (Å²) >= 11 is 0. The summed E-state index contributed by atoms with van der Waals surface area (Å²) in [4.78, 5) is 33.2. The minimum Gasteiger partial charge on any atom is -0.381 e. The Hall–Kier alpha value is -2.92. The van der Waals surface area contributed by atoms with Gasteiger partial charge in [-0.2, -0.15) is 5.10 Å². The normalized spacial score (nSPS) is 26.0. The van der Waals surface area contributed by atoms with Crippen LogP contribution in [-0.2, 0) is 16.8 Å². The second-order valence-corrected chi connectivity index (χ2v) is 12.1. The second-order valence-electron chi connectivity index (χ2n) is 12.1. The lowest BCUT2D eigenvalue weighted by molar-refractivity contribution is 0.00882. The van der Waals surface area contributed by atoms with Crippen LogP contribution in [0, 0.1) is 5.92 Å². The molecule has 2 saturated heterocycles. The molecule has 0 spiro atoms. The summed E-state index contributed by atoms with van der Waals surface area (Å²) < 4.78 is 10.9. The highest BCUT2D eigenvalue weighted by atomic mass is 16.5. The van der Waals surface area contributed by atoms with E-state index in [2.05, 4.69) is 39.4 Å². The van der Waals surface area contributed by atoms with E-state index in [9.17, 15) is 9.59 Å². The summed E-state index contributed by atoms with van der Waals surface area (Å²) in [6.45, 7) is 13.1. The van der Waals surface area contributed by atoms with Gasteiger partial charge in [0.05, 0.1) is 17.8 Å². The molecule has 11 nitrogen and oxygen atoms in total. The number of H-pyrrole nitrogens is 1. The van der Waals surface area contributed by atoms with Gasteiger partial charge in [0.1, 0.15) is 5.76 Å². The van der Waals surface area contributed by atoms with E-state index in [1.807, 2.05) is 23.6 Å². The molecule has 2 N–H and O–H groups in total. The molecule has 4 aliphatic rings. The summed E-state index contributed by atoms with van der Waals surface area (Å²) in [6.07, 6.45) is 4.38. The lowest BCUT2D eigenvalue weighted by Gasteiger charge is -2.47. The Balaban J connectivity index is 1.12. The Labute approximate surface area is 223 Å². The predicted octanol–water partition coefficient (Wildman–Crippen LogP) is 3.52. The van der Waals surface area contributed by atoms with Crippen molar-refractivity contribution < 1.29 is 18.8 Å². The lowest BCUT2D eigenvalue weighted by Crippen LogP contribution is -2.62. The van der Waals surface area contributed by atoms with Crippen LogP contribution in [0.5, 0.6) is 0 Å².